The van der Waals surface area contributed by atoms with Gasteiger partial charge in [-0.25, -0.2) is 0 Å². The summed E-state index contributed by atoms with van der Waals surface area (Å²) in [6.45, 7) is 9.42. The van der Waals surface area contributed by atoms with Crippen LogP contribution < -0.4 is 5.19 Å². The Morgan fingerprint density at radius 2 is 1.30 bits per heavy atom. The molecule has 1 aliphatic carbocycles. The molecule has 2 aromatic heterocycles. The van der Waals surface area contributed by atoms with Crippen molar-refractivity contribution in [3.63, 3.8) is 0 Å². The molecular formula is C39H42IrN2Si-2. The van der Waals surface area contributed by atoms with Gasteiger partial charge in [0.15, 0.2) is 0 Å². The van der Waals surface area contributed by atoms with Gasteiger partial charge in [0.05, 0.1) is 8.07 Å². The second-order valence-corrected chi connectivity index (χ2v) is 17.5. The van der Waals surface area contributed by atoms with Crippen molar-refractivity contribution in [3.05, 3.63) is 127 Å². The van der Waals surface area contributed by atoms with Gasteiger partial charge in [0.25, 0.3) is 0 Å². The van der Waals surface area contributed by atoms with E-state index in [0.717, 1.165) is 28.4 Å². The molecular weight excluding hydrogens is 717 g/mol. The van der Waals surface area contributed by atoms with Crippen LogP contribution in [0.1, 0.15) is 43.2 Å². The third kappa shape index (κ3) is 8.92. The Bertz CT molecular complexity index is 1560. The predicted octanol–water partition coefficient (Wildman–Crippen LogP) is 9.74. The predicted molar refractivity (Wildman–Crippen MR) is 180 cm³/mol. The summed E-state index contributed by atoms with van der Waals surface area (Å²) in [5.74, 6) is 0.869. The van der Waals surface area contributed by atoms with Crippen LogP contribution in [-0.2, 0) is 26.5 Å². The molecule has 0 amide bonds. The van der Waals surface area contributed by atoms with Crippen molar-refractivity contribution in [2.24, 2.45) is 5.92 Å². The molecule has 0 N–H and O–H groups in total. The quantitative estimate of drug-likeness (QED) is 0.127. The molecule has 0 atom stereocenters. The van der Waals surface area contributed by atoms with E-state index in [1.807, 2.05) is 60.8 Å². The van der Waals surface area contributed by atoms with E-state index in [4.69, 9.17) is 4.98 Å². The first-order valence-electron chi connectivity index (χ1n) is 15.3. The van der Waals surface area contributed by atoms with Crippen LogP contribution in [-0.4, -0.2) is 18.0 Å². The minimum Gasteiger partial charge on any atom is -0.305 e. The molecule has 1 radical (unpaired) electrons. The largest absolute Gasteiger partial charge is 0.305 e. The molecule has 0 spiro atoms. The van der Waals surface area contributed by atoms with E-state index in [2.05, 4.69) is 86.3 Å². The van der Waals surface area contributed by atoms with Crippen LogP contribution in [0.15, 0.2) is 103 Å². The Labute approximate surface area is 273 Å². The molecule has 1 aliphatic rings. The Hall–Kier alpha value is -3.17. The molecule has 1 saturated carbocycles. The Kier molecular flexibility index (Phi) is 11.8. The summed E-state index contributed by atoms with van der Waals surface area (Å²) >= 11 is 0. The standard InChI is InChI=1S/C21H28NSi.C18H14N.Ir/c1-23(2,3)21-16-22-20(18-12-8-5-9-13-18)15-19(21)14-17-10-6-4-7-11-17;1-14-12-18(16-10-6-3-7-11-16)19-13-17(14)15-8-4-2-5-9-15;/h5,8-9,12,15-17H,4,6-7,10-11,14H2,1-3H3;2-10,12-13H,1H3;/q2*-1;. The Morgan fingerprint density at radius 1 is 0.721 bits per heavy atom. The van der Waals surface area contributed by atoms with Crippen molar-refractivity contribution >= 4 is 13.3 Å². The van der Waals surface area contributed by atoms with E-state index in [0.29, 0.717) is 0 Å². The average molecular weight is 759 g/mol. The molecule has 0 bridgehead atoms. The van der Waals surface area contributed by atoms with E-state index >= 15 is 0 Å². The molecule has 0 saturated heterocycles. The van der Waals surface area contributed by atoms with Crippen molar-refractivity contribution in [3.8, 4) is 33.6 Å². The first-order chi connectivity index (χ1) is 20.4. The molecule has 1 fully saturated rings. The second kappa shape index (κ2) is 15.5. The number of aryl methyl sites for hydroxylation is 1. The van der Waals surface area contributed by atoms with Crippen LogP contribution in [0.2, 0.25) is 19.6 Å². The third-order valence-electron chi connectivity index (χ3n) is 8.20. The molecule has 5 aromatic rings. The van der Waals surface area contributed by atoms with Gasteiger partial charge in [-0.2, -0.15) is 0 Å². The van der Waals surface area contributed by atoms with Gasteiger partial charge in [-0.3, -0.25) is 0 Å². The van der Waals surface area contributed by atoms with E-state index in [9.17, 15) is 0 Å². The molecule has 2 heterocycles. The molecule has 0 unspecified atom stereocenters. The SMILES string of the molecule is C[Si](C)(C)c1cnc(-c2[c-]cccc2)cc1CC1CCCCC1.Cc1cc(-c2[c-]cccc2)ncc1-c1ccccc1.[Ir]. The van der Waals surface area contributed by atoms with Crippen LogP contribution >= 0.6 is 0 Å². The van der Waals surface area contributed by atoms with Gasteiger partial charge in [-0.05, 0) is 47.0 Å². The molecule has 2 nitrogen and oxygen atoms in total. The zero-order chi connectivity index (χ0) is 29.4. The van der Waals surface area contributed by atoms with E-state index in [1.165, 1.54) is 55.2 Å². The van der Waals surface area contributed by atoms with Crippen molar-refractivity contribution in [1.29, 1.82) is 0 Å². The van der Waals surface area contributed by atoms with Crippen molar-refractivity contribution < 1.29 is 20.1 Å². The summed E-state index contributed by atoms with van der Waals surface area (Å²) in [5.41, 5.74) is 9.36. The molecule has 0 aliphatic heterocycles. The van der Waals surface area contributed by atoms with Gasteiger partial charge >= 0.3 is 0 Å². The summed E-state index contributed by atoms with van der Waals surface area (Å²) in [6, 6.07) is 37.4. The number of nitrogens with zero attached hydrogens (tertiary/aromatic N) is 2. The van der Waals surface area contributed by atoms with Gasteiger partial charge in [-0.15, -0.1) is 71.8 Å². The van der Waals surface area contributed by atoms with E-state index in [-0.39, 0.29) is 20.1 Å². The van der Waals surface area contributed by atoms with Gasteiger partial charge in [0.1, 0.15) is 0 Å². The van der Waals surface area contributed by atoms with E-state index in [1.54, 1.807) is 10.8 Å². The van der Waals surface area contributed by atoms with Crippen molar-refractivity contribution in [1.82, 2.24) is 9.97 Å². The number of rotatable bonds is 6. The van der Waals surface area contributed by atoms with Crippen LogP contribution in [0.25, 0.3) is 33.6 Å². The molecule has 4 heteroatoms. The van der Waals surface area contributed by atoms with Gasteiger partial charge in [-0.1, -0.05) is 99.8 Å². The maximum Gasteiger partial charge on any atom is 0.0798 e. The van der Waals surface area contributed by atoms with Gasteiger partial charge in [0.2, 0.25) is 0 Å². The fourth-order valence-electron chi connectivity index (χ4n) is 5.92. The second-order valence-electron chi connectivity index (χ2n) is 12.5. The molecule has 6 rings (SSSR count). The zero-order valence-corrected chi connectivity index (χ0v) is 29.3. The topological polar surface area (TPSA) is 25.8 Å². The van der Waals surface area contributed by atoms with Crippen molar-refractivity contribution in [2.45, 2.75) is 65.1 Å². The first-order valence-corrected chi connectivity index (χ1v) is 18.8. The number of benzene rings is 3. The Morgan fingerprint density at radius 3 is 1.86 bits per heavy atom. The maximum absolute atomic E-state index is 4.77. The zero-order valence-electron chi connectivity index (χ0n) is 25.9. The number of aromatic nitrogens is 2. The average Bonchev–Trinajstić information content (AvgIpc) is 3.02. The summed E-state index contributed by atoms with van der Waals surface area (Å²) in [7, 11) is -1.36. The maximum atomic E-state index is 4.77. The molecule has 3 aromatic carbocycles. The molecule has 43 heavy (non-hydrogen) atoms. The Balaban J connectivity index is 0.000000195. The summed E-state index contributed by atoms with van der Waals surface area (Å²) in [4.78, 5) is 9.33. The fourth-order valence-corrected chi connectivity index (χ4v) is 7.51. The minimum atomic E-state index is -1.36. The number of hydrogen-bond acceptors (Lipinski definition) is 2. The summed E-state index contributed by atoms with van der Waals surface area (Å²) in [6.07, 6.45) is 12.4. The summed E-state index contributed by atoms with van der Waals surface area (Å²) in [5, 5.41) is 1.54. The molecule has 223 valence electrons. The normalized spacial score (nSPS) is 13.4. The van der Waals surface area contributed by atoms with Crippen LogP contribution in [0.3, 0.4) is 0 Å². The minimum absolute atomic E-state index is 0. The summed E-state index contributed by atoms with van der Waals surface area (Å²) < 4.78 is 0. The van der Waals surface area contributed by atoms with E-state index < -0.39 is 8.07 Å². The van der Waals surface area contributed by atoms with Crippen molar-refractivity contribution in [2.75, 3.05) is 0 Å². The monoisotopic (exact) mass is 759 g/mol. The number of hydrogen-bond donors (Lipinski definition) is 0. The third-order valence-corrected chi connectivity index (χ3v) is 10.3. The van der Waals surface area contributed by atoms with Gasteiger partial charge in [0, 0.05) is 38.1 Å². The number of pyridine rings is 2. The fraction of sp³-hybridized carbons (Fsp3) is 0.282. The first kappa shape index (κ1) is 32.7. The van der Waals surface area contributed by atoms with Gasteiger partial charge < -0.3 is 9.97 Å². The van der Waals surface area contributed by atoms with Crippen LogP contribution in [0.5, 0.6) is 0 Å². The smallest absolute Gasteiger partial charge is 0.0798 e. The van der Waals surface area contributed by atoms with Crippen LogP contribution in [0.4, 0.5) is 0 Å². The van der Waals surface area contributed by atoms with Crippen LogP contribution in [0, 0.1) is 25.0 Å².